The van der Waals surface area contributed by atoms with Gasteiger partial charge in [-0.25, -0.2) is 0 Å². The Balaban J connectivity index is 1.97. The third kappa shape index (κ3) is 7.76. The smallest absolute Gasteiger partial charge is 0.151 e. The molecule has 2 heteroatoms. The summed E-state index contributed by atoms with van der Waals surface area (Å²) >= 11 is 0. The van der Waals surface area contributed by atoms with Crippen LogP contribution >= 0.6 is 0 Å². The lowest BCUT2D eigenvalue weighted by atomic mass is 9.91. The molecule has 1 saturated heterocycles. The summed E-state index contributed by atoms with van der Waals surface area (Å²) in [6, 6.07) is 0. The fraction of sp³-hybridized carbons (Fsp3) is 0.950. The summed E-state index contributed by atoms with van der Waals surface area (Å²) in [5, 5.41) is 0. The third-order valence-electron chi connectivity index (χ3n) is 5.31. The van der Waals surface area contributed by atoms with Crippen LogP contribution in [0.1, 0.15) is 92.4 Å². The summed E-state index contributed by atoms with van der Waals surface area (Å²) in [4.78, 5) is 10.7. The third-order valence-corrected chi connectivity index (χ3v) is 5.31. The lowest BCUT2D eigenvalue weighted by molar-refractivity contribution is -0.108. The molecule has 0 aromatic rings. The Morgan fingerprint density at radius 2 is 1.41 bits per heavy atom. The Bertz CT molecular complexity index is 313. The predicted octanol–water partition coefficient (Wildman–Crippen LogP) is 5.78. The highest BCUT2D eigenvalue weighted by Gasteiger charge is 2.51. The number of carbonyl (C=O) groups excluding carboxylic acids is 1. The molecular weight excluding hydrogens is 272 g/mol. The van der Waals surface area contributed by atoms with Crippen LogP contribution in [0.4, 0.5) is 0 Å². The van der Waals surface area contributed by atoms with E-state index in [0.29, 0.717) is 0 Å². The molecule has 0 amide bonds. The van der Waals surface area contributed by atoms with E-state index in [4.69, 9.17) is 4.74 Å². The molecule has 0 aliphatic carbocycles. The number of epoxide rings is 1. The molecule has 0 saturated carbocycles. The molecule has 130 valence electrons. The van der Waals surface area contributed by atoms with E-state index in [2.05, 4.69) is 34.6 Å². The van der Waals surface area contributed by atoms with E-state index in [-0.39, 0.29) is 11.7 Å². The number of carbonyl (C=O) groups is 1. The van der Waals surface area contributed by atoms with Crippen LogP contribution in [0, 0.1) is 17.8 Å². The van der Waals surface area contributed by atoms with Gasteiger partial charge in [-0.2, -0.15) is 0 Å². The number of aldehydes is 1. The highest BCUT2D eigenvalue weighted by atomic mass is 16.6. The molecule has 1 aliphatic heterocycles. The van der Waals surface area contributed by atoms with Gasteiger partial charge < -0.3 is 9.53 Å². The first-order chi connectivity index (χ1) is 10.4. The zero-order valence-electron chi connectivity index (χ0n) is 15.6. The highest BCUT2D eigenvalue weighted by Crippen LogP contribution is 2.39. The summed E-state index contributed by atoms with van der Waals surface area (Å²) < 4.78 is 5.43. The van der Waals surface area contributed by atoms with Gasteiger partial charge in [0, 0.05) is 0 Å². The average Bonchev–Trinajstić information content (AvgIpc) is 3.09. The van der Waals surface area contributed by atoms with Crippen LogP contribution in [-0.2, 0) is 9.53 Å². The van der Waals surface area contributed by atoms with Crippen LogP contribution in [-0.4, -0.2) is 18.0 Å². The Kier molecular flexibility index (Phi) is 8.67. The first-order valence-electron chi connectivity index (χ1n) is 9.50. The number of hydrogen-bond donors (Lipinski definition) is 0. The van der Waals surface area contributed by atoms with Crippen molar-refractivity contribution in [3.63, 3.8) is 0 Å². The summed E-state index contributed by atoms with van der Waals surface area (Å²) in [6.45, 7) is 11.5. The molecule has 0 aromatic carbocycles. The van der Waals surface area contributed by atoms with Crippen LogP contribution in [0.25, 0.3) is 0 Å². The van der Waals surface area contributed by atoms with Gasteiger partial charge in [0.1, 0.15) is 6.10 Å². The first-order valence-corrected chi connectivity index (χ1v) is 9.50. The molecule has 2 unspecified atom stereocenters. The molecule has 0 radical (unpaired) electrons. The fourth-order valence-corrected chi connectivity index (χ4v) is 3.41. The topological polar surface area (TPSA) is 29.6 Å². The van der Waals surface area contributed by atoms with Crippen molar-refractivity contribution in [2.75, 3.05) is 0 Å². The van der Waals surface area contributed by atoms with Gasteiger partial charge in [0.15, 0.2) is 6.29 Å². The molecule has 0 aromatic heterocycles. The van der Waals surface area contributed by atoms with Crippen molar-refractivity contribution < 1.29 is 9.53 Å². The standard InChI is InChI=1S/C20H38O2/c1-16(2)9-6-10-17(3)11-7-12-18(4)13-8-14-20(5)19(15-21)22-20/h15-19H,6-14H2,1-5H3/t17?,18?,19-,20-/m0/s1. The van der Waals surface area contributed by atoms with Gasteiger partial charge in [-0.1, -0.05) is 79.1 Å². The minimum absolute atomic E-state index is 0.130. The summed E-state index contributed by atoms with van der Waals surface area (Å²) in [7, 11) is 0. The van der Waals surface area contributed by atoms with Crippen LogP contribution < -0.4 is 0 Å². The van der Waals surface area contributed by atoms with E-state index in [1.807, 2.05) is 0 Å². The normalized spacial score (nSPS) is 26.9. The number of hydrogen-bond acceptors (Lipinski definition) is 2. The Morgan fingerprint density at radius 3 is 1.86 bits per heavy atom. The van der Waals surface area contributed by atoms with Crippen molar-refractivity contribution in [1.29, 1.82) is 0 Å². The molecule has 22 heavy (non-hydrogen) atoms. The maximum Gasteiger partial charge on any atom is 0.151 e. The molecule has 1 aliphatic rings. The Labute approximate surface area is 138 Å². The van der Waals surface area contributed by atoms with Gasteiger partial charge in [-0.15, -0.1) is 0 Å². The van der Waals surface area contributed by atoms with Gasteiger partial charge in [0.25, 0.3) is 0 Å². The highest BCUT2D eigenvalue weighted by molar-refractivity contribution is 5.62. The van der Waals surface area contributed by atoms with Crippen LogP contribution in [0.15, 0.2) is 0 Å². The summed E-state index contributed by atoms with van der Waals surface area (Å²) in [5.74, 6) is 2.54. The minimum Gasteiger partial charge on any atom is -0.358 e. The number of ether oxygens (including phenoxy) is 1. The second kappa shape index (κ2) is 9.70. The molecule has 0 bridgehead atoms. The van der Waals surface area contributed by atoms with Crippen molar-refractivity contribution >= 4 is 6.29 Å². The van der Waals surface area contributed by atoms with Crippen LogP contribution in [0.2, 0.25) is 0 Å². The van der Waals surface area contributed by atoms with Gasteiger partial charge >= 0.3 is 0 Å². The van der Waals surface area contributed by atoms with E-state index >= 15 is 0 Å². The molecule has 0 N–H and O–H groups in total. The van der Waals surface area contributed by atoms with Crippen LogP contribution in [0.3, 0.4) is 0 Å². The Morgan fingerprint density at radius 1 is 0.909 bits per heavy atom. The minimum atomic E-state index is -0.133. The SMILES string of the molecule is CC(C)CCCC(C)CCCC(C)CCC[C@]1(C)O[C@H]1C=O. The van der Waals surface area contributed by atoms with Crippen molar-refractivity contribution in [3.05, 3.63) is 0 Å². The maximum atomic E-state index is 10.7. The van der Waals surface area contributed by atoms with E-state index in [1.165, 1.54) is 51.4 Å². The lowest BCUT2D eigenvalue weighted by Gasteiger charge is -2.15. The monoisotopic (exact) mass is 310 g/mol. The maximum absolute atomic E-state index is 10.7. The van der Waals surface area contributed by atoms with Gasteiger partial charge in [0.05, 0.1) is 5.60 Å². The second-order valence-electron chi connectivity index (χ2n) is 8.35. The van der Waals surface area contributed by atoms with Gasteiger partial charge in [-0.05, 0) is 31.1 Å². The molecule has 4 atom stereocenters. The predicted molar refractivity (Wildman–Crippen MR) is 94.1 cm³/mol. The molecule has 1 heterocycles. The van der Waals surface area contributed by atoms with Gasteiger partial charge in [0.2, 0.25) is 0 Å². The van der Waals surface area contributed by atoms with E-state index in [9.17, 15) is 4.79 Å². The van der Waals surface area contributed by atoms with E-state index in [0.717, 1.165) is 30.5 Å². The molecular formula is C20H38O2. The zero-order chi connectivity index (χ0) is 16.6. The molecule has 2 nitrogen and oxygen atoms in total. The fourth-order valence-electron chi connectivity index (χ4n) is 3.41. The summed E-state index contributed by atoms with van der Waals surface area (Å²) in [6.07, 6.45) is 12.6. The quantitative estimate of drug-likeness (QED) is 0.319. The largest absolute Gasteiger partial charge is 0.358 e. The van der Waals surface area contributed by atoms with E-state index < -0.39 is 0 Å². The molecule has 0 spiro atoms. The first kappa shape index (κ1) is 19.7. The van der Waals surface area contributed by atoms with E-state index in [1.54, 1.807) is 0 Å². The van der Waals surface area contributed by atoms with Crippen molar-refractivity contribution in [2.24, 2.45) is 17.8 Å². The Hall–Kier alpha value is -0.370. The molecule has 1 rings (SSSR count). The lowest BCUT2D eigenvalue weighted by Crippen LogP contribution is -2.11. The van der Waals surface area contributed by atoms with Gasteiger partial charge in [-0.3, -0.25) is 0 Å². The summed E-state index contributed by atoms with van der Waals surface area (Å²) in [5.41, 5.74) is -0.133. The van der Waals surface area contributed by atoms with Crippen molar-refractivity contribution in [1.82, 2.24) is 0 Å². The average molecular weight is 311 g/mol. The second-order valence-corrected chi connectivity index (χ2v) is 8.35. The number of rotatable bonds is 13. The zero-order valence-corrected chi connectivity index (χ0v) is 15.6. The van der Waals surface area contributed by atoms with Crippen LogP contribution in [0.5, 0.6) is 0 Å². The van der Waals surface area contributed by atoms with Crippen molar-refractivity contribution in [2.45, 2.75) is 104 Å². The van der Waals surface area contributed by atoms with Crippen molar-refractivity contribution in [3.8, 4) is 0 Å². The molecule has 1 fully saturated rings.